The molecular weight excluding hydrogens is 282 g/mol. The summed E-state index contributed by atoms with van der Waals surface area (Å²) in [6, 6.07) is 0. The van der Waals surface area contributed by atoms with Crippen molar-refractivity contribution in [3.63, 3.8) is 0 Å². The fourth-order valence-electron chi connectivity index (χ4n) is 1.67. The highest BCUT2D eigenvalue weighted by molar-refractivity contribution is 8.68. The van der Waals surface area contributed by atoms with Crippen molar-refractivity contribution < 1.29 is 9.47 Å². The van der Waals surface area contributed by atoms with Crippen LogP contribution in [0.2, 0.25) is 0 Å². The molecule has 0 radical (unpaired) electrons. The van der Waals surface area contributed by atoms with Crippen LogP contribution in [0.4, 0.5) is 0 Å². The van der Waals surface area contributed by atoms with E-state index in [1.54, 1.807) is 0 Å². The maximum absolute atomic E-state index is 5.50. The van der Waals surface area contributed by atoms with Gasteiger partial charge in [-0.2, -0.15) is 0 Å². The van der Waals surface area contributed by atoms with Crippen molar-refractivity contribution >= 4 is 22.5 Å². The lowest BCUT2D eigenvalue weighted by Gasteiger charge is -2.16. The van der Waals surface area contributed by atoms with E-state index in [0.717, 1.165) is 24.4 Å². The van der Waals surface area contributed by atoms with Crippen molar-refractivity contribution in [2.45, 2.75) is 45.9 Å². The number of aryl methyl sites for hydroxylation is 1. The Hall–Kier alpha value is -0.240. The first-order chi connectivity index (χ1) is 9.21. The molecule has 0 fully saturated rings. The first-order valence-corrected chi connectivity index (χ1v) is 8.64. The van der Waals surface area contributed by atoms with Gasteiger partial charge in [-0.1, -0.05) is 22.9 Å². The predicted octanol–water partition coefficient (Wildman–Crippen LogP) is 2.75. The summed E-state index contributed by atoms with van der Waals surface area (Å²) in [6.45, 7) is 8.12. The molecule has 19 heavy (non-hydrogen) atoms. The molecule has 1 aromatic rings. The molecule has 1 atom stereocenters. The second-order valence-corrected chi connectivity index (χ2v) is 5.60. The average Bonchev–Trinajstić information content (AvgIpc) is 2.86. The molecule has 0 aliphatic rings. The smallest absolute Gasteiger partial charge is 0.159 e. The summed E-state index contributed by atoms with van der Waals surface area (Å²) >= 11 is 4.16. The van der Waals surface area contributed by atoms with Gasteiger partial charge in [-0.05, 0) is 13.8 Å². The molecule has 0 saturated carbocycles. The zero-order valence-electron chi connectivity index (χ0n) is 11.8. The molecule has 0 saturated heterocycles. The van der Waals surface area contributed by atoms with Gasteiger partial charge in [0.15, 0.2) is 6.29 Å². The van der Waals surface area contributed by atoms with Crippen LogP contribution in [0.1, 0.15) is 38.8 Å². The van der Waals surface area contributed by atoms with Crippen LogP contribution in [0.3, 0.4) is 0 Å². The molecule has 0 aliphatic carbocycles. The number of hydrogen-bond acceptors (Lipinski definition) is 6. The van der Waals surface area contributed by atoms with Crippen LogP contribution < -0.4 is 0 Å². The molecule has 0 aromatic carbocycles. The maximum atomic E-state index is 5.50. The van der Waals surface area contributed by atoms with Crippen molar-refractivity contribution in [3.8, 4) is 0 Å². The summed E-state index contributed by atoms with van der Waals surface area (Å²) in [5.41, 5.74) is 1.01. The lowest BCUT2D eigenvalue weighted by Crippen LogP contribution is -2.19. The van der Waals surface area contributed by atoms with Gasteiger partial charge in [0.2, 0.25) is 0 Å². The van der Waals surface area contributed by atoms with Crippen molar-refractivity contribution in [3.05, 3.63) is 11.9 Å². The van der Waals surface area contributed by atoms with E-state index in [9.17, 15) is 0 Å². The van der Waals surface area contributed by atoms with Crippen molar-refractivity contribution in [2.75, 3.05) is 19.0 Å². The van der Waals surface area contributed by atoms with E-state index < -0.39 is 0 Å². The highest BCUT2D eigenvalue weighted by atomic mass is 33.1. The number of hydrogen-bond donors (Lipinski definition) is 1. The third kappa shape index (κ3) is 6.16. The van der Waals surface area contributed by atoms with Gasteiger partial charge in [-0.3, -0.25) is 4.68 Å². The van der Waals surface area contributed by atoms with E-state index in [-0.39, 0.29) is 6.29 Å². The van der Waals surface area contributed by atoms with E-state index in [1.807, 2.05) is 24.7 Å². The Labute approximate surface area is 124 Å². The molecule has 0 aliphatic heterocycles. The largest absolute Gasteiger partial charge is 0.353 e. The second kappa shape index (κ2) is 9.63. The Morgan fingerprint density at radius 1 is 1.37 bits per heavy atom. The summed E-state index contributed by atoms with van der Waals surface area (Å²) in [7, 11) is 1.52. The Kier molecular flexibility index (Phi) is 8.52. The van der Waals surface area contributed by atoms with Crippen LogP contribution in [-0.2, 0) is 16.0 Å². The number of nitrogens with zero attached hydrogens (tertiary/aromatic N) is 3. The molecule has 5 nitrogen and oxygen atoms in total. The van der Waals surface area contributed by atoms with Gasteiger partial charge < -0.3 is 9.47 Å². The van der Waals surface area contributed by atoms with E-state index >= 15 is 0 Å². The first kappa shape index (κ1) is 16.8. The standard InChI is InChI=1S/C12H23N3O2S2/c1-4-16-12(17-5-2)6-7-15-8-11(13-14-15)10(3)9-19-18/h8,10,12,18H,4-7,9H2,1-3H3. The highest BCUT2D eigenvalue weighted by Gasteiger charge is 2.12. The van der Waals surface area contributed by atoms with Crippen molar-refractivity contribution in [1.82, 2.24) is 15.0 Å². The fraction of sp³-hybridized carbons (Fsp3) is 0.833. The molecule has 1 unspecified atom stereocenters. The lowest BCUT2D eigenvalue weighted by molar-refractivity contribution is -0.141. The Morgan fingerprint density at radius 3 is 2.63 bits per heavy atom. The van der Waals surface area contributed by atoms with E-state index in [4.69, 9.17) is 9.47 Å². The maximum Gasteiger partial charge on any atom is 0.159 e. The Balaban J connectivity index is 2.44. The molecule has 1 rings (SSSR count). The normalized spacial score (nSPS) is 13.1. The molecule has 0 bridgehead atoms. The van der Waals surface area contributed by atoms with Crippen molar-refractivity contribution in [2.24, 2.45) is 0 Å². The summed E-state index contributed by atoms with van der Waals surface area (Å²) in [5, 5.41) is 8.32. The van der Waals surface area contributed by atoms with Crippen LogP contribution in [0.5, 0.6) is 0 Å². The third-order valence-corrected chi connectivity index (χ3v) is 3.78. The summed E-state index contributed by atoms with van der Waals surface area (Å²) in [5.74, 6) is 1.30. The number of thiol groups is 1. The fourth-order valence-corrected chi connectivity index (χ4v) is 2.74. The summed E-state index contributed by atoms with van der Waals surface area (Å²) in [6.07, 6.45) is 2.61. The molecule has 1 heterocycles. The monoisotopic (exact) mass is 305 g/mol. The zero-order valence-corrected chi connectivity index (χ0v) is 13.5. The predicted molar refractivity (Wildman–Crippen MR) is 81.5 cm³/mol. The van der Waals surface area contributed by atoms with E-state index in [1.165, 1.54) is 10.8 Å². The van der Waals surface area contributed by atoms with Gasteiger partial charge in [-0.25, -0.2) is 0 Å². The van der Waals surface area contributed by atoms with Crippen LogP contribution >= 0.6 is 22.5 Å². The second-order valence-electron chi connectivity index (χ2n) is 4.23. The highest BCUT2D eigenvalue weighted by Crippen LogP contribution is 2.19. The molecule has 1 aromatic heterocycles. The van der Waals surface area contributed by atoms with Gasteiger partial charge in [-0.15, -0.1) is 16.8 Å². The SMILES string of the molecule is CCOC(CCn1cc(C(C)CSS)nn1)OCC. The minimum absolute atomic E-state index is 0.159. The van der Waals surface area contributed by atoms with Gasteiger partial charge in [0, 0.05) is 44.0 Å². The van der Waals surface area contributed by atoms with E-state index in [0.29, 0.717) is 19.1 Å². The summed E-state index contributed by atoms with van der Waals surface area (Å²) < 4.78 is 12.8. The third-order valence-electron chi connectivity index (χ3n) is 2.68. The molecule has 0 amide bonds. The van der Waals surface area contributed by atoms with Crippen molar-refractivity contribution in [1.29, 1.82) is 0 Å². The minimum Gasteiger partial charge on any atom is -0.353 e. The molecule has 7 heteroatoms. The van der Waals surface area contributed by atoms with Gasteiger partial charge >= 0.3 is 0 Å². The molecule has 0 N–H and O–H groups in total. The molecule has 0 spiro atoms. The number of aromatic nitrogens is 3. The Bertz CT molecular complexity index is 343. The average molecular weight is 305 g/mol. The van der Waals surface area contributed by atoms with E-state index in [2.05, 4.69) is 28.9 Å². The zero-order chi connectivity index (χ0) is 14.1. The van der Waals surface area contributed by atoms with Crippen LogP contribution in [0.25, 0.3) is 0 Å². The minimum atomic E-state index is -0.159. The van der Waals surface area contributed by atoms with Crippen LogP contribution in [-0.4, -0.2) is 40.3 Å². The topological polar surface area (TPSA) is 49.2 Å². The first-order valence-electron chi connectivity index (χ1n) is 6.60. The lowest BCUT2D eigenvalue weighted by atomic mass is 10.1. The number of ether oxygens (including phenoxy) is 2. The van der Waals surface area contributed by atoms with Crippen LogP contribution in [0.15, 0.2) is 6.20 Å². The summed E-state index contributed by atoms with van der Waals surface area (Å²) in [4.78, 5) is 0. The molecular formula is C12H23N3O2S2. The van der Waals surface area contributed by atoms with Gasteiger partial charge in [0.1, 0.15) is 0 Å². The molecule has 110 valence electrons. The Morgan fingerprint density at radius 2 is 2.05 bits per heavy atom. The van der Waals surface area contributed by atoms with Crippen LogP contribution in [0, 0.1) is 0 Å². The van der Waals surface area contributed by atoms with Gasteiger partial charge in [0.05, 0.1) is 5.69 Å². The number of rotatable bonds is 10. The van der Waals surface area contributed by atoms with Gasteiger partial charge in [0.25, 0.3) is 0 Å². The quantitative estimate of drug-likeness (QED) is 0.409.